The zero-order chi connectivity index (χ0) is 12.0. The maximum absolute atomic E-state index is 11.6. The molecule has 1 amide bonds. The zero-order valence-electron chi connectivity index (χ0n) is 9.86. The number of carbonyl (C=O) groups excluding carboxylic acids is 1. The molecule has 1 aromatic heterocycles. The number of amides is 1. The Labute approximate surface area is 96.3 Å². The Morgan fingerprint density at radius 3 is 3.00 bits per heavy atom. The Bertz CT molecular complexity index is 350. The number of carbonyl (C=O) groups is 1. The van der Waals surface area contributed by atoms with Crippen molar-refractivity contribution in [1.29, 1.82) is 0 Å². The first kappa shape index (κ1) is 12.6. The van der Waals surface area contributed by atoms with Crippen LogP contribution < -0.4 is 11.1 Å². The molecule has 0 radical (unpaired) electrons. The summed E-state index contributed by atoms with van der Waals surface area (Å²) in [5.41, 5.74) is 7.42. The largest absolute Gasteiger partial charge is 0.328 e. The van der Waals surface area contributed by atoms with E-state index in [9.17, 15) is 4.79 Å². The minimum absolute atomic E-state index is 0.0370. The van der Waals surface area contributed by atoms with Crippen molar-refractivity contribution in [2.24, 2.45) is 5.73 Å². The fraction of sp³-hybridized carbons (Fsp3) is 0.500. The molecule has 88 valence electrons. The van der Waals surface area contributed by atoms with E-state index in [0.717, 1.165) is 24.1 Å². The summed E-state index contributed by atoms with van der Waals surface area (Å²) in [6.07, 6.45) is 5.63. The molecule has 4 heteroatoms. The van der Waals surface area contributed by atoms with Gasteiger partial charge in [-0.2, -0.15) is 0 Å². The van der Waals surface area contributed by atoms with Crippen LogP contribution in [-0.4, -0.2) is 16.9 Å². The van der Waals surface area contributed by atoms with Gasteiger partial charge in [-0.15, -0.1) is 0 Å². The highest BCUT2D eigenvalue weighted by Crippen LogP contribution is 2.12. The molecule has 4 nitrogen and oxygen atoms in total. The third kappa shape index (κ3) is 4.40. The minimum Gasteiger partial charge on any atom is -0.328 e. The van der Waals surface area contributed by atoms with Crippen LogP contribution in [-0.2, 0) is 4.79 Å². The second kappa shape index (κ2) is 6.23. The maximum atomic E-state index is 11.6. The molecule has 0 fully saturated rings. The van der Waals surface area contributed by atoms with Crippen molar-refractivity contribution in [3.05, 3.63) is 24.0 Å². The molecule has 1 rings (SSSR count). The Balaban J connectivity index is 2.37. The Hall–Kier alpha value is -1.42. The van der Waals surface area contributed by atoms with Gasteiger partial charge in [0.05, 0.1) is 0 Å². The van der Waals surface area contributed by atoms with E-state index in [1.165, 1.54) is 0 Å². The lowest BCUT2D eigenvalue weighted by molar-refractivity contribution is -0.116. The first-order chi connectivity index (χ1) is 7.59. The van der Waals surface area contributed by atoms with Gasteiger partial charge >= 0.3 is 0 Å². The van der Waals surface area contributed by atoms with Gasteiger partial charge in [0.2, 0.25) is 5.91 Å². The highest BCUT2D eigenvalue weighted by atomic mass is 16.1. The van der Waals surface area contributed by atoms with Gasteiger partial charge in [0.1, 0.15) is 0 Å². The third-order valence-electron chi connectivity index (χ3n) is 2.36. The third-order valence-corrected chi connectivity index (χ3v) is 2.36. The smallest absolute Gasteiger partial charge is 0.224 e. The summed E-state index contributed by atoms with van der Waals surface area (Å²) in [5, 5.41) is 2.86. The molecule has 0 aliphatic carbocycles. The molecule has 0 saturated heterocycles. The minimum atomic E-state index is 0.0370. The van der Waals surface area contributed by atoms with Crippen LogP contribution in [0.3, 0.4) is 0 Å². The lowest BCUT2D eigenvalue weighted by Gasteiger charge is -2.08. The number of aromatic nitrogens is 1. The van der Waals surface area contributed by atoms with Crippen LogP contribution in [0, 0.1) is 6.92 Å². The van der Waals surface area contributed by atoms with E-state index < -0.39 is 0 Å². The molecule has 1 atom stereocenters. The number of pyridine rings is 1. The predicted octanol–water partition coefficient (Wildman–Crippen LogP) is 1.85. The summed E-state index contributed by atoms with van der Waals surface area (Å²) in [6, 6.07) is 1.97. The zero-order valence-corrected chi connectivity index (χ0v) is 9.86. The predicted molar refractivity (Wildman–Crippen MR) is 65.1 cm³/mol. The normalized spacial score (nSPS) is 12.2. The molecule has 1 aromatic rings. The number of hydrogen-bond acceptors (Lipinski definition) is 3. The monoisotopic (exact) mass is 221 g/mol. The number of anilines is 1. The van der Waals surface area contributed by atoms with Crippen molar-refractivity contribution < 1.29 is 4.79 Å². The maximum Gasteiger partial charge on any atom is 0.224 e. The molecule has 0 aromatic carbocycles. The van der Waals surface area contributed by atoms with E-state index in [0.29, 0.717) is 6.42 Å². The first-order valence-electron chi connectivity index (χ1n) is 5.55. The van der Waals surface area contributed by atoms with Crippen LogP contribution in [0.1, 0.15) is 31.7 Å². The summed E-state index contributed by atoms with van der Waals surface area (Å²) >= 11 is 0. The standard InChI is InChI=1S/C12H19N3O/c1-9-8-14-7-6-11(9)15-12(16)5-3-4-10(2)13/h6-8,10H,3-5,13H2,1-2H3,(H,14,15,16). The fourth-order valence-electron chi connectivity index (χ4n) is 1.41. The van der Waals surface area contributed by atoms with Crippen molar-refractivity contribution >= 4 is 11.6 Å². The molecule has 0 saturated carbocycles. The quantitative estimate of drug-likeness (QED) is 0.797. The average Bonchev–Trinajstić information content (AvgIpc) is 2.21. The van der Waals surface area contributed by atoms with Gasteiger partial charge in [0.25, 0.3) is 0 Å². The summed E-state index contributed by atoms with van der Waals surface area (Å²) < 4.78 is 0. The number of rotatable bonds is 5. The van der Waals surface area contributed by atoms with Crippen molar-refractivity contribution in [3.63, 3.8) is 0 Å². The van der Waals surface area contributed by atoms with Gasteiger partial charge < -0.3 is 11.1 Å². The Morgan fingerprint density at radius 1 is 1.62 bits per heavy atom. The SMILES string of the molecule is Cc1cnccc1NC(=O)CCCC(C)N. The van der Waals surface area contributed by atoms with Crippen LogP contribution in [0.15, 0.2) is 18.5 Å². The Kier molecular flexibility index (Phi) is 4.92. The van der Waals surface area contributed by atoms with Crippen LogP contribution >= 0.6 is 0 Å². The van der Waals surface area contributed by atoms with E-state index >= 15 is 0 Å². The van der Waals surface area contributed by atoms with Crippen molar-refractivity contribution in [3.8, 4) is 0 Å². The van der Waals surface area contributed by atoms with Crippen LogP contribution in [0.4, 0.5) is 5.69 Å². The van der Waals surface area contributed by atoms with Crippen LogP contribution in [0.25, 0.3) is 0 Å². The van der Waals surface area contributed by atoms with E-state index in [4.69, 9.17) is 5.73 Å². The number of nitrogens with zero attached hydrogens (tertiary/aromatic N) is 1. The van der Waals surface area contributed by atoms with E-state index in [1.54, 1.807) is 18.5 Å². The Morgan fingerprint density at radius 2 is 2.38 bits per heavy atom. The van der Waals surface area contributed by atoms with Gasteiger partial charge in [0, 0.05) is 30.5 Å². The molecule has 0 aliphatic rings. The molecule has 1 unspecified atom stereocenters. The highest BCUT2D eigenvalue weighted by molar-refractivity contribution is 5.91. The fourth-order valence-corrected chi connectivity index (χ4v) is 1.41. The topological polar surface area (TPSA) is 68.0 Å². The van der Waals surface area contributed by atoms with Gasteiger partial charge in [-0.3, -0.25) is 9.78 Å². The molecule has 16 heavy (non-hydrogen) atoms. The van der Waals surface area contributed by atoms with Crippen molar-refractivity contribution in [1.82, 2.24) is 4.98 Å². The second-order valence-corrected chi connectivity index (χ2v) is 4.11. The molecule has 3 N–H and O–H groups in total. The molecular formula is C12H19N3O. The molecule has 0 aliphatic heterocycles. The molecule has 0 bridgehead atoms. The van der Waals surface area contributed by atoms with Gasteiger partial charge in [0.15, 0.2) is 0 Å². The number of hydrogen-bond donors (Lipinski definition) is 2. The number of aryl methyl sites for hydroxylation is 1. The molecular weight excluding hydrogens is 202 g/mol. The van der Waals surface area contributed by atoms with Crippen LogP contribution in [0.5, 0.6) is 0 Å². The summed E-state index contributed by atoms with van der Waals surface area (Å²) in [5.74, 6) is 0.0370. The number of nitrogens with two attached hydrogens (primary N) is 1. The van der Waals surface area contributed by atoms with Crippen molar-refractivity contribution in [2.45, 2.75) is 39.2 Å². The summed E-state index contributed by atoms with van der Waals surface area (Å²) in [6.45, 7) is 3.87. The van der Waals surface area contributed by atoms with Crippen LogP contribution in [0.2, 0.25) is 0 Å². The second-order valence-electron chi connectivity index (χ2n) is 4.11. The highest BCUT2D eigenvalue weighted by Gasteiger charge is 2.04. The van der Waals surface area contributed by atoms with Gasteiger partial charge in [-0.05, 0) is 38.3 Å². The summed E-state index contributed by atoms with van der Waals surface area (Å²) in [7, 11) is 0. The molecule has 0 spiro atoms. The number of nitrogens with one attached hydrogen (secondary N) is 1. The average molecular weight is 221 g/mol. The molecule has 1 heterocycles. The van der Waals surface area contributed by atoms with Crippen molar-refractivity contribution in [2.75, 3.05) is 5.32 Å². The first-order valence-corrected chi connectivity index (χ1v) is 5.55. The van der Waals surface area contributed by atoms with E-state index in [1.807, 2.05) is 13.8 Å². The lowest BCUT2D eigenvalue weighted by Crippen LogP contribution is -2.17. The van der Waals surface area contributed by atoms with Gasteiger partial charge in [-0.1, -0.05) is 0 Å². The van der Waals surface area contributed by atoms with E-state index in [-0.39, 0.29) is 11.9 Å². The van der Waals surface area contributed by atoms with E-state index in [2.05, 4.69) is 10.3 Å². The summed E-state index contributed by atoms with van der Waals surface area (Å²) in [4.78, 5) is 15.5. The van der Waals surface area contributed by atoms with Gasteiger partial charge in [-0.25, -0.2) is 0 Å². The lowest BCUT2D eigenvalue weighted by atomic mass is 10.1.